The molecule has 1 N–H and O–H groups in total. The molecule has 0 atom stereocenters. The van der Waals surface area contributed by atoms with Crippen molar-refractivity contribution in [2.75, 3.05) is 0 Å². The number of para-hydroxylation sites is 8. The summed E-state index contributed by atoms with van der Waals surface area (Å²) >= 11 is 0. The highest BCUT2D eigenvalue weighted by Crippen LogP contribution is 2.31. The first-order valence-electron chi connectivity index (χ1n) is 12.5. The van der Waals surface area contributed by atoms with E-state index < -0.39 is 0 Å². The minimum Gasteiger partial charge on any atom is -0.511 e. The zero-order chi connectivity index (χ0) is 25.2. The molecule has 5 aromatic carbocycles. The molecule has 0 aliphatic rings. The molecule has 38 heavy (non-hydrogen) atoms. The molecule has 0 aliphatic heterocycles. The third-order valence-corrected chi connectivity index (χ3v) is 7.15. The zero-order valence-electron chi connectivity index (χ0n) is 20.2. The van der Waals surface area contributed by atoms with Crippen LogP contribution in [0.2, 0.25) is 0 Å². The van der Waals surface area contributed by atoms with Gasteiger partial charge in [0.25, 0.3) is 6.33 Å². The first-order chi connectivity index (χ1) is 18.8. The van der Waals surface area contributed by atoms with E-state index in [4.69, 9.17) is 4.98 Å². The second kappa shape index (κ2) is 7.82. The van der Waals surface area contributed by atoms with E-state index in [2.05, 4.69) is 76.0 Å². The largest absolute Gasteiger partial charge is 0.511 e. The molecule has 8 aromatic rings. The summed E-state index contributed by atoms with van der Waals surface area (Å²) in [6.45, 7) is 0. The molecule has 8 rings (SSSR count). The summed E-state index contributed by atoms with van der Waals surface area (Å²) in [7, 11) is 0. The third kappa shape index (κ3) is 2.82. The Bertz CT molecular complexity index is 2150. The van der Waals surface area contributed by atoms with E-state index >= 15 is 0 Å². The molecule has 6 heteroatoms. The molecule has 0 bridgehead atoms. The molecule has 0 fully saturated rings. The van der Waals surface area contributed by atoms with E-state index in [1.54, 1.807) is 6.07 Å². The van der Waals surface area contributed by atoms with Crippen LogP contribution >= 0.6 is 0 Å². The molecule has 0 radical (unpaired) electrons. The van der Waals surface area contributed by atoms with Crippen molar-refractivity contribution in [3.05, 3.63) is 128 Å². The van der Waals surface area contributed by atoms with E-state index in [-0.39, 0.29) is 5.75 Å². The Hall–Kier alpha value is -5.36. The lowest BCUT2D eigenvalue weighted by Crippen LogP contribution is -2.30. The summed E-state index contributed by atoms with van der Waals surface area (Å²) in [5.41, 5.74) is 8.65. The second-order valence-electron chi connectivity index (χ2n) is 9.30. The fourth-order valence-electron chi connectivity index (χ4n) is 5.49. The smallest absolute Gasteiger partial charge is 0.270 e. The van der Waals surface area contributed by atoms with Crippen LogP contribution in [-0.4, -0.2) is 23.6 Å². The van der Waals surface area contributed by atoms with E-state index in [1.165, 1.54) is 0 Å². The highest BCUT2D eigenvalue weighted by molar-refractivity contribution is 5.94. The van der Waals surface area contributed by atoms with Crippen LogP contribution in [0, 0.1) is 6.33 Å². The SMILES string of the molecule is Oc1ccccc1-n1[c-][n+](-c2cccc3c2nc2n(-c4ccccc4)c4ccccc4n32)c2ccccc21. The van der Waals surface area contributed by atoms with Gasteiger partial charge in [0.2, 0.25) is 5.78 Å². The predicted octanol–water partition coefficient (Wildman–Crippen LogP) is 6.16. The van der Waals surface area contributed by atoms with Crippen LogP contribution < -0.4 is 4.57 Å². The van der Waals surface area contributed by atoms with Crippen molar-refractivity contribution in [2.45, 2.75) is 0 Å². The minimum atomic E-state index is 0.200. The van der Waals surface area contributed by atoms with Crippen molar-refractivity contribution in [3.8, 4) is 22.8 Å². The average Bonchev–Trinajstić information content (AvgIpc) is 3.63. The Kier molecular flexibility index (Phi) is 4.28. The van der Waals surface area contributed by atoms with Gasteiger partial charge in [0.15, 0.2) is 0 Å². The number of imidazole rings is 3. The topological polar surface area (TPSA) is 51.3 Å². The lowest BCUT2D eigenvalue weighted by Gasteiger charge is -2.06. The number of hydrogen-bond donors (Lipinski definition) is 1. The third-order valence-electron chi connectivity index (χ3n) is 7.15. The van der Waals surface area contributed by atoms with E-state index in [9.17, 15) is 5.11 Å². The van der Waals surface area contributed by atoms with Crippen molar-refractivity contribution < 1.29 is 9.67 Å². The van der Waals surface area contributed by atoms with Gasteiger partial charge in [-0.1, -0.05) is 72.8 Å². The molecule has 6 nitrogen and oxygen atoms in total. The molecule has 3 aromatic heterocycles. The maximum atomic E-state index is 10.6. The number of aromatic nitrogens is 5. The molecule has 0 saturated heterocycles. The standard InChI is InChI=1S/C32H21N5O/c38-30-20-9-8-17-27(30)34-21-35(24-14-5-4-13-23(24)34)28-18-10-19-29-31(28)33-32-36(22-11-2-1-3-12-22)25-15-6-7-16-26(25)37(29)32/h1-20,38H. The van der Waals surface area contributed by atoms with E-state index in [0.717, 1.165) is 50.3 Å². The van der Waals surface area contributed by atoms with Crippen molar-refractivity contribution in [1.29, 1.82) is 0 Å². The number of nitrogens with zero attached hydrogens (tertiary/aromatic N) is 5. The number of fused-ring (bicyclic) bond motifs is 6. The summed E-state index contributed by atoms with van der Waals surface area (Å²) in [6, 6.07) is 40.4. The quantitative estimate of drug-likeness (QED) is 0.238. The fraction of sp³-hybridized carbons (Fsp3) is 0. The van der Waals surface area contributed by atoms with Gasteiger partial charge in [0, 0.05) is 5.69 Å². The Morgan fingerprint density at radius 3 is 2.16 bits per heavy atom. The first kappa shape index (κ1) is 20.8. The Labute approximate surface area is 217 Å². The molecule has 0 spiro atoms. The monoisotopic (exact) mass is 491 g/mol. The lowest BCUT2D eigenvalue weighted by molar-refractivity contribution is -0.571. The van der Waals surface area contributed by atoms with Gasteiger partial charge in [-0.15, -0.1) is 0 Å². The number of phenols is 1. The van der Waals surface area contributed by atoms with Gasteiger partial charge in [-0.2, -0.15) is 0 Å². The van der Waals surface area contributed by atoms with Crippen LogP contribution in [-0.2, 0) is 0 Å². The molecule has 0 aliphatic carbocycles. The van der Waals surface area contributed by atoms with Gasteiger partial charge < -0.3 is 5.11 Å². The van der Waals surface area contributed by atoms with Crippen LogP contribution in [0.15, 0.2) is 121 Å². The van der Waals surface area contributed by atoms with E-state index in [1.807, 2.05) is 63.7 Å². The molecule has 3 heterocycles. The molecular weight excluding hydrogens is 470 g/mol. The minimum absolute atomic E-state index is 0.200. The Morgan fingerprint density at radius 2 is 1.32 bits per heavy atom. The van der Waals surface area contributed by atoms with Gasteiger partial charge >= 0.3 is 0 Å². The molecule has 0 unspecified atom stereocenters. The van der Waals surface area contributed by atoms with Crippen LogP contribution in [0.25, 0.3) is 55.9 Å². The average molecular weight is 492 g/mol. The number of phenolic OH excluding ortho intramolecular Hbond substituents is 1. The summed E-state index contributed by atoms with van der Waals surface area (Å²) < 4.78 is 8.37. The Morgan fingerprint density at radius 1 is 0.632 bits per heavy atom. The van der Waals surface area contributed by atoms with Crippen LogP contribution in [0.4, 0.5) is 0 Å². The number of benzene rings is 5. The number of rotatable bonds is 3. The highest BCUT2D eigenvalue weighted by Gasteiger charge is 2.21. The van der Waals surface area contributed by atoms with Crippen LogP contribution in [0.3, 0.4) is 0 Å². The number of hydrogen-bond acceptors (Lipinski definition) is 2. The maximum Gasteiger partial charge on any atom is 0.270 e. The highest BCUT2D eigenvalue weighted by atomic mass is 16.3. The van der Waals surface area contributed by atoms with Gasteiger partial charge in [0.05, 0.1) is 33.3 Å². The van der Waals surface area contributed by atoms with Gasteiger partial charge in [0.1, 0.15) is 17.0 Å². The molecule has 180 valence electrons. The fourth-order valence-corrected chi connectivity index (χ4v) is 5.49. The first-order valence-corrected chi connectivity index (χ1v) is 12.5. The summed E-state index contributed by atoms with van der Waals surface area (Å²) in [4.78, 5) is 5.24. The van der Waals surface area contributed by atoms with Crippen molar-refractivity contribution >= 4 is 38.9 Å². The predicted molar refractivity (Wildman–Crippen MR) is 148 cm³/mol. The summed E-state index contributed by atoms with van der Waals surface area (Å²) in [6.07, 6.45) is 3.49. The van der Waals surface area contributed by atoms with Gasteiger partial charge in [-0.25, -0.2) is 4.98 Å². The summed E-state index contributed by atoms with van der Waals surface area (Å²) in [5, 5.41) is 10.6. The van der Waals surface area contributed by atoms with Crippen LogP contribution in [0.1, 0.15) is 0 Å². The normalized spacial score (nSPS) is 11.8. The Balaban J connectivity index is 1.47. The molecule has 0 saturated carbocycles. The second-order valence-corrected chi connectivity index (χ2v) is 9.30. The number of aromatic hydroxyl groups is 1. The molecular formula is C32H21N5O. The summed E-state index contributed by atoms with van der Waals surface area (Å²) in [5.74, 6) is 1.05. The lowest BCUT2D eigenvalue weighted by atomic mass is 10.2. The molecule has 0 amide bonds. The maximum absolute atomic E-state index is 10.6. The van der Waals surface area contributed by atoms with Crippen molar-refractivity contribution in [3.63, 3.8) is 0 Å². The van der Waals surface area contributed by atoms with Gasteiger partial charge in [-0.3, -0.25) is 18.1 Å². The van der Waals surface area contributed by atoms with E-state index in [0.29, 0.717) is 5.69 Å². The van der Waals surface area contributed by atoms with Crippen LogP contribution in [0.5, 0.6) is 5.75 Å². The van der Waals surface area contributed by atoms with Gasteiger partial charge in [-0.05, 0) is 48.5 Å². The van der Waals surface area contributed by atoms with Crippen molar-refractivity contribution in [2.24, 2.45) is 0 Å². The van der Waals surface area contributed by atoms with Crippen molar-refractivity contribution in [1.82, 2.24) is 18.5 Å². The zero-order valence-corrected chi connectivity index (χ0v) is 20.2.